The van der Waals surface area contributed by atoms with Crippen molar-refractivity contribution in [2.24, 2.45) is 11.8 Å². The van der Waals surface area contributed by atoms with Crippen LogP contribution in [0.2, 0.25) is 0 Å². The van der Waals surface area contributed by atoms with E-state index >= 15 is 0 Å². The van der Waals surface area contributed by atoms with E-state index in [1.54, 1.807) is 0 Å². The zero-order valence-electron chi connectivity index (χ0n) is 10.7. The maximum absolute atomic E-state index is 12.0. The van der Waals surface area contributed by atoms with E-state index in [2.05, 4.69) is 10.6 Å². The lowest BCUT2D eigenvalue weighted by Crippen LogP contribution is -2.50. The molecule has 1 aliphatic heterocycles. The van der Waals surface area contributed by atoms with Crippen molar-refractivity contribution >= 4 is 5.91 Å². The zero-order chi connectivity index (χ0) is 13.8. The number of rotatable bonds is 6. The molecule has 106 valence electrons. The Hall–Kier alpha value is -0.820. The van der Waals surface area contributed by atoms with Crippen LogP contribution in [0.5, 0.6) is 0 Å². The highest BCUT2D eigenvalue weighted by atomic mass is 19.4. The van der Waals surface area contributed by atoms with Gasteiger partial charge >= 0.3 is 6.18 Å². The minimum absolute atomic E-state index is 0.0816. The number of amides is 1. The standard InChI is InChI=1S/C11H20F3N3O/c1-8(9-5-15-6-9)10(18)16-3-4-17(2)7-11(12,13)14/h8-9,15H,3-7H2,1-2H3,(H,16,18). The number of likely N-dealkylation sites (N-methyl/N-ethyl adjacent to an activating group) is 1. The molecule has 1 fully saturated rings. The third-order valence-electron chi connectivity index (χ3n) is 3.18. The summed E-state index contributed by atoms with van der Waals surface area (Å²) in [5.41, 5.74) is 0. The Balaban J connectivity index is 2.14. The van der Waals surface area contributed by atoms with Crippen LogP contribution in [0.4, 0.5) is 13.2 Å². The van der Waals surface area contributed by atoms with E-state index in [4.69, 9.17) is 0 Å². The zero-order valence-corrected chi connectivity index (χ0v) is 10.7. The first-order valence-electron chi connectivity index (χ1n) is 6.03. The van der Waals surface area contributed by atoms with E-state index in [1.165, 1.54) is 7.05 Å². The average Bonchev–Trinajstić information content (AvgIpc) is 2.11. The van der Waals surface area contributed by atoms with Crippen LogP contribution in [0.3, 0.4) is 0 Å². The number of halogens is 3. The Kier molecular flexibility index (Phi) is 5.40. The van der Waals surface area contributed by atoms with Crippen molar-refractivity contribution in [1.82, 2.24) is 15.5 Å². The third kappa shape index (κ3) is 5.22. The normalized spacial score (nSPS) is 18.6. The molecule has 1 amide bonds. The molecule has 0 aliphatic carbocycles. The summed E-state index contributed by atoms with van der Waals surface area (Å²) in [6.07, 6.45) is -4.19. The lowest BCUT2D eigenvalue weighted by molar-refractivity contribution is -0.142. The molecule has 1 saturated heterocycles. The highest BCUT2D eigenvalue weighted by molar-refractivity contribution is 5.78. The van der Waals surface area contributed by atoms with Crippen LogP contribution < -0.4 is 10.6 Å². The molecule has 0 bridgehead atoms. The molecular weight excluding hydrogens is 247 g/mol. The maximum atomic E-state index is 12.0. The largest absolute Gasteiger partial charge is 0.401 e. The van der Waals surface area contributed by atoms with Gasteiger partial charge in [0.25, 0.3) is 0 Å². The minimum atomic E-state index is -4.19. The fourth-order valence-corrected chi connectivity index (χ4v) is 1.79. The molecule has 0 aromatic rings. The highest BCUT2D eigenvalue weighted by Gasteiger charge is 2.30. The molecule has 4 nitrogen and oxygen atoms in total. The SMILES string of the molecule is CC(C(=O)NCCN(C)CC(F)(F)F)C1CNC1. The molecule has 0 radical (unpaired) electrons. The Morgan fingerprint density at radius 3 is 2.56 bits per heavy atom. The highest BCUT2D eigenvalue weighted by Crippen LogP contribution is 2.16. The smallest absolute Gasteiger partial charge is 0.355 e. The van der Waals surface area contributed by atoms with Gasteiger partial charge in [0.15, 0.2) is 0 Å². The van der Waals surface area contributed by atoms with Gasteiger partial charge in [0.2, 0.25) is 5.91 Å². The maximum Gasteiger partial charge on any atom is 0.401 e. The van der Waals surface area contributed by atoms with Gasteiger partial charge in [-0.15, -0.1) is 0 Å². The number of alkyl halides is 3. The number of hydrogen-bond acceptors (Lipinski definition) is 3. The van der Waals surface area contributed by atoms with Crippen molar-refractivity contribution in [1.29, 1.82) is 0 Å². The second-order valence-electron chi connectivity index (χ2n) is 4.85. The first-order valence-corrected chi connectivity index (χ1v) is 6.03. The minimum Gasteiger partial charge on any atom is -0.355 e. The molecule has 2 N–H and O–H groups in total. The van der Waals surface area contributed by atoms with Gasteiger partial charge in [0.1, 0.15) is 0 Å². The summed E-state index contributed by atoms with van der Waals surface area (Å²) < 4.78 is 36.1. The summed E-state index contributed by atoms with van der Waals surface area (Å²) >= 11 is 0. The Bertz CT molecular complexity index is 279. The van der Waals surface area contributed by atoms with Gasteiger partial charge in [-0.25, -0.2) is 0 Å². The molecular formula is C11H20F3N3O. The number of carbonyl (C=O) groups excluding carboxylic acids is 1. The van der Waals surface area contributed by atoms with Crippen LogP contribution in [0.15, 0.2) is 0 Å². The molecule has 1 unspecified atom stereocenters. The van der Waals surface area contributed by atoms with Crippen molar-refractivity contribution in [2.45, 2.75) is 13.1 Å². The van der Waals surface area contributed by atoms with Gasteiger partial charge in [0.05, 0.1) is 6.54 Å². The van der Waals surface area contributed by atoms with Gasteiger partial charge in [-0.3, -0.25) is 9.69 Å². The summed E-state index contributed by atoms with van der Waals surface area (Å²) in [4.78, 5) is 12.8. The Morgan fingerprint density at radius 1 is 1.50 bits per heavy atom. The lowest BCUT2D eigenvalue weighted by Gasteiger charge is -2.31. The quantitative estimate of drug-likeness (QED) is 0.734. The Labute approximate surface area is 105 Å². The fourth-order valence-electron chi connectivity index (χ4n) is 1.79. The van der Waals surface area contributed by atoms with Gasteiger partial charge in [0, 0.05) is 19.0 Å². The molecule has 0 spiro atoms. The topological polar surface area (TPSA) is 44.4 Å². The van der Waals surface area contributed by atoms with Gasteiger partial charge in [-0.2, -0.15) is 13.2 Å². The molecule has 1 aliphatic rings. The summed E-state index contributed by atoms with van der Waals surface area (Å²) in [6, 6.07) is 0. The molecule has 0 aromatic heterocycles. The van der Waals surface area contributed by atoms with Crippen LogP contribution in [0.25, 0.3) is 0 Å². The van der Waals surface area contributed by atoms with Crippen LogP contribution in [0.1, 0.15) is 6.92 Å². The Morgan fingerprint density at radius 2 is 2.11 bits per heavy atom. The van der Waals surface area contributed by atoms with E-state index in [0.717, 1.165) is 18.0 Å². The summed E-state index contributed by atoms with van der Waals surface area (Å²) in [5.74, 6) is 0.180. The van der Waals surface area contributed by atoms with E-state index in [9.17, 15) is 18.0 Å². The van der Waals surface area contributed by atoms with Crippen LogP contribution in [-0.2, 0) is 4.79 Å². The van der Waals surface area contributed by atoms with Crippen molar-refractivity contribution in [3.63, 3.8) is 0 Å². The van der Waals surface area contributed by atoms with Crippen LogP contribution in [-0.4, -0.2) is 56.8 Å². The van der Waals surface area contributed by atoms with Crippen molar-refractivity contribution in [3.8, 4) is 0 Å². The van der Waals surface area contributed by atoms with E-state index < -0.39 is 12.7 Å². The monoisotopic (exact) mass is 267 g/mol. The van der Waals surface area contributed by atoms with E-state index in [0.29, 0.717) is 5.92 Å². The molecule has 1 atom stereocenters. The molecule has 7 heteroatoms. The summed E-state index contributed by atoms with van der Waals surface area (Å²) in [7, 11) is 1.39. The van der Waals surface area contributed by atoms with Crippen LogP contribution in [0, 0.1) is 11.8 Å². The van der Waals surface area contributed by atoms with Crippen molar-refractivity contribution in [2.75, 3.05) is 39.8 Å². The third-order valence-corrected chi connectivity index (χ3v) is 3.18. The second kappa shape index (κ2) is 6.38. The molecule has 18 heavy (non-hydrogen) atoms. The van der Waals surface area contributed by atoms with Crippen LogP contribution >= 0.6 is 0 Å². The predicted octanol–water partition coefficient (Wildman–Crippen LogP) is 0.452. The summed E-state index contributed by atoms with van der Waals surface area (Å²) in [5, 5.41) is 5.76. The van der Waals surface area contributed by atoms with E-state index in [-0.39, 0.29) is 24.9 Å². The number of carbonyl (C=O) groups is 1. The van der Waals surface area contributed by atoms with Crippen molar-refractivity contribution < 1.29 is 18.0 Å². The fraction of sp³-hybridized carbons (Fsp3) is 0.909. The first kappa shape index (κ1) is 15.2. The lowest BCUT2D eigenvalue weighted by atomic mass is 9.88. The van der Waals surface area contributed by atoms with Gasteiger partial charge in [-0.1, -0.05) is 6.92 Å². The van der Waals surface area contributed by atoms with Crippen molar-refractivity contribution in [3.05, 3.63) is 0 Å². The first-order chi connectivity index (χ1) is 8.29. The molecule has 1 rings (SSSR count). The second-order valence-corrected chi connectivity index (χ2v) is 4.85. The van der Waals surface area contributed by atoms with Gasteiger partial charge < -0.3 is 10.6 Å². The number of nitrogens with zero attached hydrogens (tertiary/aromatic N) is 1. The number of hydrogen-bond donors (Lipinski definition) is 2. The predicted molar refractivity (Wildman–Crippen MR) is 62.1 cm³/mol. The molecule has 0 aromatic carbocycles. The molecule has 1 heterocycles. The molecule has 0 saturated carbocycles. The average molecular weight is 267 g/mol. The summed E-state index contributed by atoms with van der Waals surface area (Å²) in [6.45, 7) is 3.01. The van der Waals surface area contributed by atoms with E-state index in [1.807, 2.05) is 6.92 Å². The number of nitrogens with one attached hydrogen (secondary N) is 2. The van der Waals surface area contributed by atoms with Gasteiger partial charge in [-0.05, 0) is 26.1 Å².